The van der Waals surface area contributed by atoms with E-state index in [0.717, 1.165) is 26.2 Å². The molecule has 0 bridgehead atoms. The molecule has 0 radical (unpaired) electrons. The number of carbonyl (C=O) groups is 1. The molecule has 1 fully saturated rings. The van der Waals surface area contributed by atoms with Gasteiger partial charge in [-0.15, -0.1) is 0 Å². The topological polar surface area (TPSA) is 61.6 Å². The van der Waals surface area contributed by atoms with Crippen molar-refractivity contribution in [2.75, 3.05) is 26.7 Å². The van der Waals surface area contributed by atoms with Gasteiger partial charge in [0.2, 0.25) is 0 Å². The van der Waals surface area contributed by atoms with Gasteiger partial charge in [0.1, 0.15) is 0 Å². The van der Waals surface area contributed by atoms with Crippen LogP contribution in [0.1, 0.15) is 29.3 Å². The van der Waals surface area contributed by atoms with E-state index < -0.39 is 0 Å². The van der Waals surface area contributed by atoms with Gasteiger partial charge < -0.3 is 4.90 Å². The van der Waals surface area contributed by atoms with Crippen LogP contribution in [0.4, 0.5) is 0 Å². The summed E-state index contributed by atoms with van der Waals surface area (Å²) in [6, 6.07) is 8.30. The molecule has 0 spiro atoms. The van der Waals surface area contributed by atoms with Gasteiger partial charge in [0.25, 0.3) is 5.91 Å². The van der Waals surface area contributed by atoms with Crippen molar-refractivity contribution in [2.24, 2.45) is 5.84 Å². The fourth-order valence-corrected chi connectivity index (χ4v) is 2.70. The molecule has 1 aromatic carbocycles. The van der Waals surface area contributed by atoms with Crippen LogP contribution >= 0.6 is 0 Å². The molecule has 0 aliphatic carbocycles. The van der Waals surface area contributed by atoms with E-state index >= 15 is 0 Å². The van der Waals surface area contributed by atoms with Crippen LogP contribution in [-0.4, -0.2) is 48.4 Å². The number of nitrogen functional groups attached to an aromatic ring is 1. The summed E-state index contributed by atoms with van der Waals surface area (Å²) in [6.07, 6.45) is 1.18. The SMILES string of the molecule is CCC1CN(Cc2ccc(C(=O)NN)cc2)CCN1C. The van der Waals surface area contributed by atoms with E-state index in [9.17, 15) is 4.79 Å². The number of piperazine rings is 1. The highest BCUT2D eigenvalue weighted by atomic mass is 16.2. The van der Waals surface area contributed by atoms with Gasteiger partial charge in [-0.05, 0) is 31.2 Å². The Morgan fingerprint density at radius 2 is 2.05 bits per heavy atom. The lowest BCUT2D eigenvalue weighted by Gasteiger charge is -2.39. The lowest BCUT2D eigenvalue weighted by molar-refractivity contribution is 0.0883. The molecular weight excluding hydrogens is 252 g/mol. The van der Waals surface area contributed by atoms with Gasteiger partial charge in [0, 0.05) is 37.8 Å². The Balaban J connectivity index is 1.95. The molecule has 110 valence electrons. The van der Waals surface area contributed by atoms with Crippen molar-refractivity contribution in [1.29, 1.82) is 0 Å². The van der Waals surface area contributed by atoms with Gasteiger partial charge in [-0.2, -0.15) is 0 Å². The van der Waals surface area contributed by atoms with Crippen LogP contribution in [0, 0.1) is 0 Å². The van der Waals surface area contributed by atoms with Crippen molar-refractivity contribution >= 4 is 5.91 Å². The Morgan fingerprint density at radius 1 is 1.35 bits per heavy atom. The first-order valence-corrected chi connectivity index (χ1v) is 7.16. The summed E-state index contributed by atoms with van der Waals surface area (Å²) in [7, 11) is 2.20. The minimum absolute atomic E-state index is 0.248. The lowest BCUT2D eigenvalue weighted by Crippen LogP contribution is -2.50. The number of likely N-dealkylation sites (N-methyl/N-ethyl adjacent to an activating group) is 1. The Morgan fingerprint density at radius 3 is 2.65 bits per heavy atom. The summed E-state index contributed by atoms with van der Waals surface area (Å²) in [5.41, 5.74) is 3.98. The molecule has 1 unspecified atom stereocenters. The van der Waals surface area contributed by atoms with Gasteiger partial charge >= 0.3 is 0 Å². The van der Waals surface area contributed by atoms with Crippen molar-refractivity contribution in [3.05, 3.63) is 35.4 Å². The molecule has 5 nitrogen and oxygen atoms in total. The molecule has 20 heavy (non-hydrogen) atoms. The van der Waals surface area contributed by atoms with E-state index in [1.165, 1.54) is 12.0 Å². The molecule has 0 aromatic heterocycles. The van der Waals surface area contributed by atoms with Crippen LogP contribution in [0.2, 0.25) is 0 Å². The second-order valence-corrected chi connectivity index (χ2v) is 5.45. The van der Waals surface area contributed by atoms with E-state index in [-0.39, 0.29) is 5.91 Å². The third kappa shape index (κ3) is 3.56. The van der Waals surface area contributed by atoms with Crippen LogP contribution in [0.3, 0.4) is 0 Å². The number of nitrogens with one attached hydrogen (secondary N) is 1. The monoisotopic (exact) mass is 276 g/mol. The molecule has 1 heterocycles. The highest BCUT2D eigenvalue weighted by Crippen LogP contribution is 2.14. The number of carbonyl (C=O) groups excluding carboxylic acids is 1. The molecule has 2 rings (SSSR count). The van der Waals surface area contributed by atoms with Crippen LogP contribution < -0.4 is 11.3 Å². The summed E-state index contributed by atoms with van der Waals surface area (Å²) >= 11 is 0. The van der Waals surface area contributed by atoms with Gasteiger partial charge in [0.15, 0.2) is 0 Å². The number of rotatable bonds is 4. The molecule has 1 aliphatic heterocycles. The molecule has 1 saturated heterocycles. The third-order valence-corrected chi connectivity index (χ3v) is 4.09. The van der Waals surface area contributed by atoms with Gasteiger partial charge in [-0.3, -0.25) is 15.1 Å². The number of hydrogen-bond acceptors (Lipinski definition) is 4. The zero-order valence-electron chi connectivity index (χ0n) is 12.3. The van der Waals surface area contributed by atoms with Crippen molar-refractivity contribution in [2.45, 2.75) is 25.9 Å². The standard InChI is InChI=1S/C15H24N4O/c1-3-14-11-19(9-8-18(14)2)10-12-4-6-13(7-5-12)15(20)17-16/h4-7,14H,3,8-11,16H2,1-2H3,(H,17,20). The molecule has 1 aromatic rings. The Kier molecular flexibility index (Phi) is 5.11. The number of nitrogens with two attached hydrogens (primary N) is 1. The number of hydrazine groups is 1. The number of benzene rings is 1. The van der Waals surface area contributed by atoms with Crippen molar-refractivity contribution in [3.63, 3.8) is 0 Å². The molecule has 0 saturated carbocycles. The molecule has 3 N–H and O–H groups in total. The fraction of sp³-hybridized carbons (Fsp3) is 0.533. The number of amides is 1. The summed E-state index contributed by atoms with van der Waals surface area (Å²) in [5.74, 6) is 4.87. The van der Waals surface area contributed by atoms with Crippen molar-refractivity contribution in [3.8, 4) is 0 Å². The first-order chi connectivity index (χ1) is 9.63. The Labute approximate surface area is 120 Å². The highest BCUT2D eigenvalue weighted by molar-refractivity contribution is 5.93. The van der Waals surface area contributed by atoms with Crippen molar-refractivity contribution in [1.82, 2.24) is 15.2 Å². The summed E-state index contributed by atoms with van der Waals surface area (Å²) in [6.45, 7) is 6.50. The van der Waals surface area contributed by atoms with E-state index in [1.54, 1.807) is 0 Å². The van der Waals surface area contributed by atoms with Gasteiger partial charge in [0.05, 0.1) is 0 Å². The summed E-state index contributed by atoms with van der Waals surface area (Å²) in [5, 5.41) is 0. The third-order valence-electron chi connectivity index (χ3n) is 4.09. The van der Waals surface area contributed by atoms with Crippen molar-refractivity contribution < 1.29 is 4.79 Å². The van der Waals surface area contributed by atoms with Crippen LogP contribution in [0.15, 0.2) is 24.3 Å². The normalized spacial score (nSPS) is 20.9. The van der Waals surface area contributed by atoms with E-state index in [0.29, 0.717) is 11.6 Å². The zero-order valence-corrected chi connectivity index (χ0v) is 12.3. The molecule has 5 heteroatoms. The fourth-order valence-electron chi connectivity index (χ4n) is 2.70. The smallest absolute Gasteiger partial charge is 0.265 e. The minimum Gasteiger partial charge on any atom is -0.301 e. The molecule has 1 amide bonds. The maximum atomic E-state index is 11.4. The van der Waals surface area contributed by atoms with Crippen LogP contribution in [0.25, 0.3) is 0 Å². The first kappa shape index (κ1) is 15.0. The van der Waals surface area contributed by atoms with E-state index in [4.69, 9.17) is 5.84 Å². The maximum Gasteiger partial charge on any atom is 0.265 e. The predicted molar refractivity (Wildman–Crippen MR) is 80.1 cm³/mol. The minimum atomic E-state index is -0.248. The summed E-state index contributed by atoms with van der Waals surface area (Å²) in [4.78, 5) is 16.3. The van der Waals surface area contributed by atoms with Crippen LogP contribution in [-0.2, 0) is 6.54 Å². The first-order valence-electron chi connectivity index (χ1n) is 7.16. The predicted octanol–water partition coefficient (Wildman–Crippen LogP) is 0.816. The quantitative estimate of drug-likeness (QED) is 0.485. The van der Waals surface area contributed by atoms with Gasteiger partial charge in [-0.25, -0.2) is 5.84 Å². The number of hydrogen-bond donors (Lipinski definition) is 2. The maximum absolute atomic E-state index is 11.4. The Bertz CT molecular complexity index is 446. The zero-order chi connectivity index (χ0) is 14.5. The largest absolute Gasteiger partial charge is 0.301 e. The molecular formula is C15H24N4O. The second kappa shape index (κ2) is 6.83. The summed E-state index contributed by atoms with van der Waals surface area (Å²) < 4.78 is 0. The Hall–Kier alpha value is -1.43. The van der Waals surface area contributed by atoms with E-state index in [2.05, 4.69) is 29.2 Å². The average Bonchev–Trinajstić information content (AvgIpc) is 2.49. The second-order valence-electron chi connectivity index (χ2n) is 5.45. The van der Waals surface area contributed by atoms with Gasteiger partial charge in [-0.1, -0.05) is 19.1 Å². The molecule has 1 atom stereocenters. The molecule has 1 aliphatic rings. The highest BCUT2D eigenvalue weighted by Gasteiger charge is 2.22. The lowest BCUT2D eigenvalue weighted by atomic mass is 10.1. The average molecular weight is 276 g/mol. The van der Waals surface area contributed by atoms with E-state index in [1.807, 2.05) is 24.3 Å². The number of nitrogens with zero attached hydrogens (tertiary/aromatic N) is 2. The van der Waals surface area contributed by atoms with Crippen LogP contribution in [0.5, 0.6) is 0 Å².